The van der Waals surface area contributed by atoms with Crippen LogP contribution in [0.3, 0.4) is 0 Å². The van der Waals surface area contributed by atoms with Crippen molar-refractivity contribution in [3.63, 3.8) is 0 Å². The van der Waals surface area contributed by atoms with Crippen molar-refractivity contribution in [2.75, 3.05) is 26.7 Å². The van der Waals surface area contributed by atoms with Crippen LogP contribution in [0.5, 0.6) is 0 Å². The number of hydrogen-bond donors (Lipinski definition) is 1. The average Bonchev–Trinajstić information content (AvgIpc) is 2.91. The highest BCUT2D eigenvalue weighted by molar-refractivity contribution is 4.97. The predicted octanol–water partition coefficient (Wildman–Crippen LogP) is 1.72. The van der Waals surface area contributed by atoms with Gasteiger partial charge in [-0.2, -0.15) is 0 Å². The van der Waals surface area contributed by atoms with Crippen LogP contribution in [-0.2, 0) is 0 Å². The second-order valence-electron chi connectivity index (χ2n) is 5.95. The standard InChI is InChI=1S/C13H24N2/c1-14-8-11-4-5-15(9-11)13-7-10-2-3-12(13)6-10/h10-14H,2-9H2,1H3. The Hall–Kier alpha value is -0.0800. The molecular formula is C13H24N2. The van der Waals surface area contributed by atoms with Crippen LogP contribution < -0.4 is 5.32 Å². The lowest BCUT2D eigenvalue weighted by Gasteiger charge is -2.31. The van der Waals surface area contributed by atoms with Gasteiger partial charge in [0.15, 0.2) is 0 Å². The molecule has 2 saturated carbocycles. The highest BCUT2D eigenvalue weighted by Gasteiger charge is 2.43. The van der Waals surface area contributed by atoms with Crippen molar-refractivity contribution in [1.29, 1.82) is 0 Å². The molecule has 2 bridgehead atoms. The maximum atomic E-state index is 3.33. The van der Waals surface area contributed by atoms with E-state index in [1.807, 2.05) is 0 Å². The maximum absolute atomic E-state index is 3.33. The molecule has 15 heavy (non-hydrogen) atoms. The molecule has 0 amide bonds. The molecule has 0 spiro atoms. The van der Waals surface area contributed by atoms with Gasteiger partial charge in [0.1, 0.15) is 0 Å². The molecule has 0 aromatic rings. The van der Waals surface area contributed by atoms with Gasteiger partial charge in [0, 0.05) is 12.6 Å². The molecule has 0 radical (unpaired) electrons. The Morgan fingerprint density at radius 3 is 2.80 bits per heavy atom. The molecule has 3 aliphatic rings. The molecule has 2 aliphatic carbocycles. The summed E-state index contributed by atoms with van der Waals surface area (Å²) >= 11 is 0. The van der Waals surface area contributed by atoms with Crippen molar-refractivity contribution in [3.8, 4) is 0 Å². The largest absolute Gasteiger partial charge is 0.319 e. The molecule has 1 saturated heterocycles. The van der Waals surface area contributed by atoms with E-state index in [1.54, 1.807) is 6.42 Å². The van der Waals surface area contributed by atoms with Crippen molar-refractivity contribution in [2.24, 2.45) is 17.8 Å². The fourth-order valence-electron chi connectivity index (χ4n) is 4.28. The Morgan fingerprint density at radius 2 is 2.13 bits per heavy atom. The van der Waals surface area contributed by atoms with Crippen molar-refractivity contribution in [2.45, 2.75) is 38.1 Å². The summed E-state index contributed by atoms with van der Waals surface area (Å²) in [6.45, 7) is 3.96. The summed E-state index contributed by atoms with van der Waals surface area (Å²) < 4.78 is 0. The highest BCUT2D eigenvalue weighted by atomic mass is 15.2. The molecule has 4 unspecified atom stereocenters. The minimum absolute atomic E-state index is 0.925. The summed E-state index contributed by atoms with van der Waals surface area (Å²) in [6, 6.07) is 0.977. The zero-order chi connectivity index (χ0) is 10.3. The van der Waals surface area contributed by atoms with E-state index in [9.17, 15) is 0 Å². The van der Waals surface area contributed by atoms with Crippen LogP contribution in [0.1, 0.15) is 32.1 Å². The molecule has 1 aliphatic heterocycles. The molecule has 3 rings (SSSR count). The lowest BCUT2D eigenvalue weighted by molar-refractivity contribution is 0.170. The summed E-state index contributed by atoms with van der Waals surface area (Å²) in [7, 11) is 2.08. The normalized spacial score (nSPS) is 45.4. The van der Waals surface area contributed by atoms with E-state index in [0.717, 1.165) is 23.8 Å². The number of hydrogen-bond acceptors (Lipinski definition) is 2. The molecule has 86 valence electrons. The van der Waals surface area contributed by atoms with E-state index in [-0.39, 0.29) is 0 Å². The third kappa shape index (κ3) is 1.83. The fraction of sp³-hybridized carbons (Fsp3) is 1.00. The molecule has 1 N–H and O–H groups in total. The van der Waals surface area contributed by atoms with Gasteiger partial charge >= 0.3 is 0 Å². The van der Waals surface area contributed by atoms with E-state index in [4.69, 9.17) is 0 Å². The first kappa shape index (κ1) is 10.1. The minimum atomic E-state index is 0.925. The van der Waals surface area contributed by atoms with Gasteiger partial charge in [-0.25, -0.2) is 0 Å². The van der Waals surface area contributed by atoms with Crippen LogP contribution in [0.15, 0.2) is 0 Å². The SMILES string of the molecule is CNCC1CCN(C2CC3CCC2C3)C1. The fourth-order valence-corrected chi connectivity index (χ4v) is 4.28. The minimum Gasteiger partial charge on any atom is -0.319 e. The van der Waals surface area contributed by atoms with Crippen molar-refractivity contribution >= 4 is 0 Å². The Kier molecular flexibility index (Phi) is 2.73. The summed E-state index contributed by atoms with van der Waals surface area (Å²) in [4.78, 5) is 2.81. The predicted molar refractivity (Wildman–Crippen MR) is 62.8 cm³/mol. The van der Waals surface area contributed by atoms with Crippen LogP contribution in [0.25, 0.3) is 0 Å². The molecule has 4 atom stereocenters. The van der Waals surface area contributed by atoms with Crippen LogP contribution >= 0.6 is 0 Å². The smallest absolute Gasteiger partial charge is 0.0126 e. The summed E-state index contributed by atoms with van der Waals surface area (Å²) in [5.41, 5.74) is 0. The second kappa shape index (κ2) is 4.06. The van der Waals surface area contributed by atoms with Gasteiger partial charge in [-0.15, -0.1) is 0 Å². The summed E-state index contributed by atoms with van der Waals surface area (Å²) in [5, 5.41) is 3.33. The molecule has 2 heteroatoms. The third-order valence-electron chi connectivity index (χ3n) is 4.98. The van der Waals surface area contributed by atoms with Gasteiger partial charge in [0.05, 0.1) is 0 Å². The van der Waals surface area contributed by atoms with Crippen molar-refractivity contribution in [1.82, 2.24) is 10.2 Å². The van der Waals surface area contributed by atoms with Crippen LogP contribution in [-0.4, -0.2) is 37.6 Å². The van der Waals surface area contributed by atoms with Gasteiger partial charge < -0.3 is 5.32 Å². The Balaban J connectivity index is 1.56. The van der Waals surface area contributed by atoms with Gasteiger partial charge in [-0.05, 0) is 63.6 Å². The van der Waals surface area contributed by atoms with Crippen LogP contribution in [0.2, 0.25) is 0 Å². The van der Waals surface area contributed by atoms with Crippen molar-refractivity contribution < 1.29 is 0 Å². The highest BCUT2D eigenvalue weighted by Crippen LogP contribution is 2.47. The number of fused-ring (bicyclic) bond motifs is 2. The molecule has 3 fully saturated rings. The molecule has 2 nitrogen and oxygen atoms in total. The van der Waals surface area contributed by atoms with E-state index >= 15 is 0 Å². The monoisotopic (exact) mass is 208 g/mol. The molecule has 0 aromatic heterocycles. The Morgan fingerprint density at radius 1 is 1.20 bits per heavy atom. The number of nitrogens with one attached hydrogen (secondary N) is 1. The second-order valence-corrected chi connectivity index (χ2v) is 5.95. The molecular weight excluding hydrogens is 184 g/mol. The van der Waals surface area contributed by atoms with E-state index < -0.39 is 0 Å². The van der Waals surface area contributed by atoms with E-state index in [1.165, 1.54) is 45.3 Å². The number of likely N-dealkylation sites (tertiary alicyclic amines) is 1. The zero-order valence-electron chi connectivity index (χ0n) is 9.91. The maximum Gasteiger partial charge on any atom is 0.0126 e. The quantitative estimate of drug-likeness (QED) is 0.759. The van der Waals surface area contributed by atoms with Gasteiger partial charge in [-0.3, -0.25) is 4.90 Å². The number of nitrogens with zero attached hydrogens (tertiary/aromatic N) is 1. The zero-order valence-corrected chi connectivity index (χ0v) is 9.91. The number of rotatable bonds is 3. The summed E-state index contributed by atoms with van der Waals surface area (Å²) in [6.07, 6.45) is 7.57. The molecule has 1 heterocycles. The van der Waals surface area contributed by atoms with Gasteiger partial charge in [0.2, 0.25) is 0 Å². The van der Waals surface area contributed by atoms with Gasteiger partial charge in [0.25, 0.3) is 0 Å². The summed E-state index contributed by atoms with van der Waals surface area (Å²) in [5.74, 6) is 3.10. The molecule has 0 aromatic carbocycles. The first-order valence-corrected chi connectivity index (χ1v) is 6.75. The van der Waals surface area contributed by atoms with Crippen molar-refractivity contribution in [3.05, 3.63) is 0 Å². The first-order valence-electron chi connectivity index (χ1n) is 6.75. The lowest BCUT2D eigenvalue weighted by atomic mass is 9.94. The van der Waals surface area contributed by atoms with E-state index in [0.29, 0.717) is 0 Å². The van der Waals surface area contributed by atoms with E-state index in [2.05, 4.69) is 17.3 Å². The Labute approximate surface area is 93.4 Å². The first-order chi connectivity index (χ1) is 7.36. The Bertz CT molecular complexity index is 229. The van der Waals surface area contributed by atoms with Gasteiger partial charge in [-0.1, -0.05) is 6.42 Å². The van der Waals surface area contributed by atoms with Crippen LogP contribution in [0.4, 0.5) is 0 Å². The third-order valence-corrected chi connectivity index (χ3v) is 4.98. The topological polar surface area (TPSA) is 15.3 Å². The average molecular weight is 208 g/mol. The van der Waals surface area contributed by atoms with Crippen LogP contribution in [0, 0.1) is 17.8 Å². The lowest BCUT2D eigenvalue weighted by Crippen LogP contribution is -2.37.